The zero-order chi connectivity index (χ0) is 12.6. The molecule has 1 amide bonds. The van der Waals surface area contributed by atoms with Gasteiger partial charge in [0.05, 0.1) is 6.61 Å². The van der Waals surface area contributed by atoms with Crippen molar-refractivity contribution in [1.82, 2.24) is 5.32 Å². The van der Waals surface area contributed by atoms with E-state index in [1.165, 1.54) is 6.92 Å². The second kappa shape index (κ2) is 7.67. The third-order valence-electron chi connectivity index (χ3n) is 1.81. The second-order valence-corrected chi connectivity index (χ2v) is 3.29. The van der Waals surface area contributed by atoms with Crippen LogP contribution < -0.4 is 5.32 Å². The van der Waals surface area contributed by atoms with Crippen LogP contribution in [0.4, 0.5) is 0 Å². The van der Waals surface area contributed by atoms with Gasteiger partial charge in [-0.2, -0.15) is 0 Å². The zero-order valence-electron chi connectivity index (χ0n) is 9.49. The molecule has 2 N–H and O–H groups in total. The minimum atomic E-state index is -0.939. The molecular formula is C10H17NO5. The van der Waals surface area contributed by atoms with Gasteiger partial charge in [0, 0.05) is 12.8 Å². The Balaban J connectivity index is 3.77. The van der Waals surface area contributed by atoms with E-state index in [2.05, 4.69) is 5.32 Å². The topological polar surface area (TPSA) is 92.7 Å². The molecule has 6 nitrogen and oxygen atoms in total. The summed E-state index contributed by atoms with van der Waals surface area (Å²) in [4.78, 5) is 32.6. The van der Waals surface area contributed by atoms with E-state index in [-0.39, 0.29) is 31.8 Å². The summed E-state index contributed by atoms with van der Waals surface area (Å²) < 4.78 is 4.70. The molecule has 1 unspecified atom stereocenters. The average molecular weight is 231 g/mol. The average Bonchev–Trinajstić information content (AvgIpc) is 2.17. The highest BCUT2D eigenvalue weighted by Gasteiger charge is 2.16. The summed E-state index contributed by atoms with van der Waals surface area (Å²) in [6.45, 7) is 3.46. The largest absolute Gasteiger partial charge is 0.481 e. The standard InChI is InChI=1S/C10H17NO5/c1-3-16-10(15)7(2)11-8(12)5-4-6-9(13)14/h7H,3-6H2,1-2H3,(H,11,12)(H,13,14). The van der Waals surface area contributed by atoms with Crippen LogP contribution in [-0.2, 0) is 19.1 Å². The van der Waals surface area contributed by atoms with Gasteiger partial charge in [0.15, 0.2) is 0 Å². The summed E-state index contributed by atoms with van der Waals surface area (Å²) in [5, 5.41) is 10.8. The van der Waals surface area contributed by atoms with Gasteiger partial charge in [0.25, 0.3) is 0 Å². The van der Waals surface area contributed by atoms with Gasteiger partial charge < -0.3 is 15.2 Å². The van der Waals surface area contributed by atoms with Crippen LogP contribution in [-0.4, -0.2) is 35.6 Å². The number of amides is 1. The molecule has 0 aromatic heterocycles. The quantitative estimate of drug-likeness (QED) is 0.615. The highest BCUT2D eigenvalue weighted by molar-refractivity contribution is 5.84. The number of esters is 1. The van der Waals surface area contributed by atoms with Gasteiger partial charge >= 0.3 is 11.9 Å². The minimum absolute atomic E-state index is 0.0544. The van der Waals surface area contributed by atoms with Crippen molar-refractivity contribution in [2.75, 3.05) is 6.61 Å². The predicted octanol–water partition coefficient (Wildman–Crippen LogP) is 0.309. The van der Waals surface area contributed by atoms with E-state index in [4.69, 9.17) is 9.84 Å². The maximum Gasteiger partial charge on any atom is 0.328 e. The second-order valence-electron chi connectivity index (χ2n) is 3.29. The van der Waals surface area contributed by atoms with Crippen molar-refractivity contribution in [3.05, 3.63) is 0 Å². The molecule has 0 aromatic rings. The lowest BCUT2D eigenvalue weighted by Crippen LogP contribution is -2.39. The van der Waals surface area contributed by atoms with Crippen LogP contribution in [0.15, 0.2) is 0 Å². The van der Waals surface area contributed by atoms with Gasteiger partial charge in [-0.15, -0.1) is 0 Å². The van der Waals surface area contributed by atoms with Crippen molar-refractivity contribution in [2.24, 2.45) is 0 Å². The van der Waals surface area contributed by atoms with Crippen LogP contribution in [0.5, 0.6) is 0 Å². The number of aliphatic carboxylic acids is 1. The summed E-state index contributed by atoms with van der Waals surface area (Å²) in [5.41, 5.74) is 0. The highest BCUT2D eigenvalue weighted by Crippen LogP contribution is 1.96. The highest BCUT2D eigenvalue weighted by atomic mass is 16.5. The van der Waals surface area contributed by atoms with Crippen LogP contribution in [0.3, 0.4) is 0 Å². The first-order valence-corrected chi connectivity index (χ1v) is 5.15. The number of hydrogen-bond acceptors (Lipinski definition) is 4. The molecule has 92 valence electrons. The molecule has 0 aliphatic rings. The number of ether oxygens (including phenoxy) is 1. The summed E-state index contributed by atoms with van der Waals surface area (Å²) in [7, 11) is 0. The molecule has 0 heterocycles. The number of rotatable bonds is 7. The van der Waals surface area contributed by atoms with Crippen LogP contribution >= 0.6 is 0 Å². The summed E-state index contributed by atoms with van der Waals surface area (Å²) in [5.74, 6) is -1.78. The van der Waals surface area contributed by atoms with Gasteiger partial charge in [-0.05, 0) is 20.3 Å². The Morgan fingerprint density at radius 1 is 1.31 bits per heavy atom. The Bertz CT molecular complexity index is 264. The van der Waals surface area contributed by atoms with Crippen molar-refractivity contribution in [2.45, 2.75) is 39.2 Å². The Kier molecular flexibility index (Phi) is 6.91. The first-order valence-electron chi connectivity index (χ1n) is 5.15. The van der Waals surface area contributed by atoms with Crippen LogP contribution in [0.25, 0.3) is 0 Å². The van der Waals surface area contributed by atoms with Crippen molar-refractivity contribution in [3.63, 3.8) is 0 Å². The molecular weight excluding hydrogens is 214 g/mol. The fourth-order valence-electron chi connectivity index (χ4n) is 1.04. The molecule has 1 atom stereocenters. The maximum atomic E-state index is 11.2. The fourth-order valence-corrected chi connectivity index (χ4v) is 1.04. The summed E-state index contributed by atoms with van der Waals surface area (Å²) >= 11 is 0. The van der Waals surface area contributed by atoms with Crippen LogP contribution in [0.2, 0.25) is 0 Å². The van der Waals surface area contributed by atoms with Crippen molar-refractivity contribution in [1.29, 1.82) is 0 Å². The number of hydrogen-bond donors (Lipinski definition) is 2. The van der Waals surface area contributed by atoms with Crippen LogP contribution in [0.1, 0.15) is 33.1 Å². The lowest BCUT2D eigenvalue weighted by Gasteiger charge is -2.12. The molecule has 6 heteroatoms. The minimum Gasteiger partial charge on any atom is -0.481 e. The predicted molar refractivity (Wildman–Crippen MR) is 55.7 cm³/mol. The molecule has 0 radical (unpaired) electrons. The van der Waals surface area contributed by atoms with E-state index >= 15 is 0 Å². The number of carbonyl (C=O) groups excluding carboxylic acids is 2. The lowest BCUT2D eigenvalue weighted by molar-refractivity contribution is -0.147. The Morgan fingerprint density at radius 2 is 1.94 bits per heavy atom. The molecule has 0 saturated carbocycles. The number of carboxylic acid groups (broad SMARTS) is 1. The third kappa shape index (κ3) is 6.80. The maximum absolute atomic E-state index is 11.2. The number of nitrogens with one attached hydrogen (secondary N) is 1. The van der Waals surface area contributed by atoms with Crippen molar-refractivity contribution >= 4 is 17.8 Å². The normalized spacial score (nSPS) is 11.6. The van der Waals surface area contributed by atoms with E-state index in [0.717, 1.165) is 0 Å². The van der Waals surface area contributed by atoms with Gasteiger partial charge in [-0.25, -0.2) is 4.79 Å². The molecule has 16 heavy (non-hydrogen) atoms. The summed E-state index contributed by atoms with van der Waals surface area (Å²) in [6, 6.07) is -0.697. The van der Waals surface area contributed by atoms with E-state index in [9.17, 15) is 14.4 Å². The number of carbonyl (C=O) groups is 3. The van der Waals surface area contributed by atoms with E-state index in [1.807, 2.05) is 0 Å². The number of carboxylic acids is 1. The van der Waals surface area contributed by atoms with Gasteiger partial charge in [0.1, 0.15) is 6.04 Å². The SMILES string of the molecule is CCOC(=O)C(C)NC(=O)CCCC(=O)O. The zero-order valence-corrected chi connectivity index (χ0v) is 9.49. The molecule has 0 aliphatic heterocycles. The Labute approximate surface area is 94.0 Å². The van der Waals surface area contributed by atoms with E-state index in [0.29, 0.717) is 0 Å². The summed E-state index contributed by atoms with van der Waals surface area (Å²) in [6.07, 6.45) is 0.300. The molecule has 0 fully saturated rings. The first kappa shape index (κ1) is 14.4. The molecule has 0 aromatic carbocycles. The van der Waals surface area contributed by atoms with E-state index < -0.39 is 18.0 Å². The Hall–Kier alpha value is -1.59. The van der Waals surface area contributed by atoms with Crippen molar-refractivity contribution in [3.8, 4) is 0 Å². The first-order chi connectivity index (χ1) is 7.47. The molecule has 0 bridgehead atoms. The van der Waals surface area contributed by atoms with E-state index in [1.54, 1.807) is 6.92 Å². The van der Waals surface area contributed by atoms with Crippen molar-refractivity contribution < 1.29 is 24.2 Å². The van der Waals surface area contributed by atoms with Gasteiger partial charge in [-0.1, -0.05) is 0 Å². The fraction of sp³-hybridized carbons (Fsp3) is 0.700. The van der Waals surface area contributed by atoms with Gasteiger partial charge in [0.2, 0.25) is 5.91 Å². The third-order valence-corrected chi connectivity index (χ3v) is 1.81. The molecule has 0 rings (SSSR count). The molecule has 0 saturated heterocycles. The van der Waals surface area contributed by atoms with Gasteiger partial charge in [-0.3, -0.25) is 9.59 Å². The molecule has 0 aliphatic carbocycles. The lowest BCUT2D eigenvalue weighted by atomic mass is 10.2. The smallest absolute Gasteiger partial charge is 0.328 e. The molecule has 0 spiro atoms. The monoisotopic (exact) mass is 231 g/mol. The van der Waals surface area contributed by atoms with Crippen LogP contribution in [0, 0.1) is 0 Å². The Morgan fingerprint density at radius 3 is 2.44 bits per heavy atom.